The van der Waals surface area contributed by atoms with Crippen LogP contribution in [0.25, 0.3) is 0 Å². The van der Waals surface area contributed by atoms with E-state index in [0.29, 0.717) is 40.2 Å². The van der Waals surface area contributed by atoms with Crippen molar-refractivity contribution in [1.29, 1.82) is 0 Å². The highest BCUT2D eigenvalue weighted by molar-refractivity contribution is 8.13. The van der Waals surface area contributed by atoms with E-state index in [2.05, 4.69) is 9.98 Å². The Bertz CT molecular complexity index is 808. The minimum Gasteiger partial charge on any atom is -0.492 e. The van der Waals surface area contributed by atoms with E-state index in [1.54, 1.807) is 19.1 Å². The Kier molecular flexibility index (Phi) is 11.9. The second kappa shape index (κ2) is 12.7. The Morgan fingerprint density at radius 1 is 1.14 bits per heavy atom. The van der Waals surface area contributed by atoms with E-state index >= 15 is 0 Å². The molecule has 162 valence electrons. The number of nitrogens with two attached hydrogens (primary N) is 1. The zero-order chi connectivity index (χ0) is 19.9. The van der Waals surface area contributed by atoms with Crippen LogP contribution in [0.3, 0.4) is 0 Å². The maximum Gasteiger partial charge on any atom is 0.422 e. The maximum absolute atomic E-state index is 12.3. The van der Waals surface area contributed by atoms with Gasteiger partial charge in [0.25, 0.3) is 0 Å². The second-order valence-electron chi connectivity index (χ2n) is 5.42. The number of hydrogen-bond acceptors (Lipinski definition) is 5. The van der Waals surface area contributed by atoms with Gasteiger partial charge in [-0.3, -0.25) is 4.98 Å². The third-order valence-corrected chi connectivity index (χ3v) is 4.21. The first-order valence-corrected chi connectivity index (χ1v) is 9.11. The summed E-state index contributed by atoms with van der Waals surface area (Å²) in [4.78, 5) is 8.53. The van der Waals surface area contributed by atoms with Gasteiger partial charge in [-0.05, 0) is 32.0 Å². The first-order valence-electron chi connectivity index (χ1n) is 8.13. The van der Waals surface area contributed by atoms with Crippen LogP contribution in [0.1, 0.15) is 18.2 Å². The third kappa shape index (κ3) is 9.01. The van der Waals surface area contributed by atoms with Crippen molar-refractivity contribution >= 4 is 47.4 Å². The molecule has 0 aliphatic carbocycles. The molecule has 2 N–H and O–H groups in total. The maximum atomic E-state index is 12.3. The molecule has 1 aromatic carbocycles. The van der Waals surface area contributed by atoms with Crippen molar-refractivity contribution in [1.82, 2.24) is 4.98 Å². The first-order chi connectivity index (χ1) is 12.8. The zero-order valence-electron chi connectivity index (χ0n) is 15.7. The predicted molar refractivity (Wildman–Crippen MR) is 115 cm³/mol. The van der Waals surface area contributed by atoms with Crippen molar-refractivity contribution in [3.63, 3.8) is 0 Å². The smallest absolute Gasteiger partial charge is 0.422 e. The lowest BCUT2D eigenvalue weighted by atomic mass is 10.2. The normalized spacial score (nSPS) is 11.3. The van der Waals surface area contributed by atoms with E-state index in [1.807, 2.05) is 19.1 Å². The van der Waals surface area contributed by atoms with E-state index in [0.717, 1.165) is 0 Å². The highest BCUT2D eigenvalue weighted by Crippen LogP contribution is 2.29. The van der Waals surface area contributed by atoms with Crippen molar-refractivity contribution < 1.29 is 22.6 Å². The van der Waals surface area contributed by atoms with Gasteiger partial charge in [0.15, 0.2) is 11.8 Å². The van der Waals surface area contributed by atoms with Crippen LogP contribution in [0.5, 0.6) is 11.5 Å². The van der Waals surface area contributed by atoms with Crippen LogP contribution in [-0.4, -0.2) is 29.5 Å². The zero-order valence-corrected chi connectivity index (χ0v) is 18.2. The van der Waals surface area contributed by atoms with Gasteiger partial charge in [-0.1, -0.05) is 23.9 Å². The minimum atomic E-state index is -4.39. The molecule has 1 heterocycles. The molecule has 0 spiro atoms. The molecular weight excluding hydrogens is 450 g/mol. The largest absolute Gasteiger partial charge is 0.492 e. The summed E-state index contributed by atoms with van der Waals surface area (Å²) in [6, 6.07) is 8.66. The van der Waals surface area contributed by atoms with Crippen molar-refractivity contribution in [3.05, 3.63) is 47.8 Å². The Labute approximate surface area is 184 Å². The number of halogens is 5. The number of aromatic nitrogens is 1. The van der Waals surface area contributed by atoms with Crippen LogP contribution in [0.4, 0.5) is 18.9 Å². The summed E-state index contributed by atoms with van der Waals surface area (Å²) in [7, 11) is 0. The number of para-hydroxylation sites is 2. The van der Waals surface area contributed by atoms with Gasteiger partial charge in [-0.2, -0.15) is 13.2 Å². The molecule has 1 aromatic heterocycles. The topological polar surface area (TPSA) is 69.7 Å². The molecule has 0 saturated carbocycles. The Balaban J connectivity index is 0.00000392. The average Bonchev–Trinajstić information content (AvgIpc) is 2.61. The monoisotopic (exact) mass is 471 g/mol. The van der Waals surface area contributed by atoms with Crippen molar-refractivity contribution in [3.8, 4) is 11.5 Å². The number of alkyl halides is 3. The van der Waals surface area contributed by atoms with Gasteiger partial charge in [0, 0.05) is 17.5 Å². The number of nitrogens with zero attached hydrogens (tertiary/aromatic N) is 2. The number of aliphatic imine (C=N–C) groups is 1. The molecule has 5 nitrogen and oxygen atoms in total. The van der Waals surface area contributed by atoms with Crippen molar-refractivity contribution in [2.24, 2.45) is 10.7 Å². The summed E-state index contributed by atoms with van der Waals surface area (Å²) in [6.45, 7) is 2.70. The average molecular weight is 472 g/mol. The number of pyridine rings is 1. The lowest BCUT2D eigenvalue weighted by molar-refractivity contribution is -0.153. The minimum absolute atomic E-state index is 0. The lowest BCUT2D eigenvalue weighted by Gasteiger charge is -2.13. The van der Waals surface area contributed by atoms with Crippen LogP contribution >= 0.6 is 36.6 Å². The molecule has 0 radical (unpaired) electrons. The number of rotatable bonds is 7. The SMILES string of the molecule is CCOc1ccccc1N=C(N)SCc1nccc(OCC(F)(F)F)c1C.Cl.Cl. The van der Waals surface area contributed by atoms with Gasteiger partial charge in [-0.15, -0.1) is 24.8 Å². The molecule has 11 heteroatoms. The molecular formula is C18H22Cl2F3N3O2S. The predicted octanol–water partition coefficient (Wildman–Crippen LogP) is 5.45. The summed E-state index contributed by atoms with van der Waals surface area (Å²) in [5.41, 5.74) is 7.70. The van der Waals surface area contributed by atoms with Crippen LogP contribution in [0, 0.1) is 6.92 Å². The van der Waals surface area contributed by atoms with Gasteiger partial charge in [0.1, 0.15) is 17.2 Å². The molecule has 0 bridgehead atoms. The summed E-state index contributed by atoms with van der Waals surface area (Å²) >= 11 is 1.23. The van der Waals surface area contributed by atoms with Crippen LogP contribution in [0.15, 0.2) is 41.5 Å². The van der Waals surface area contributed by atoms with Gasteiger partial charge in [0.05, 0.1) is 12.3 Å². The summed E-state index contributed by atoms with van der Waals surface area (Å²) in [6.07, 6.45) is -2.98. The number of hydrogen-bond donors (Lipinski definition) is 1. The third-order valence-electron chi connectivity index (χ3n) is 3.40. The molecule has 29 heavy (non-hydrogen) atoms. The highest BCUT2D eigenvalue weighted by atomic mass is 35.5. The van der Waals surface area contributed by atoms with E-state index < -0.39 is 12.8 Å². The fourth-order valence-corrected chi connectivity index (χ4v) is 2.88. The molecule has 2 rings (SSSR count). The quantitative estimate of drug-likeness (QED) is 0.429. The van der Waals surface area contributed by atoms with Gasteiger partial charge in [0.2, 0.25) is 0 Å². The summed E-state index contributed by atoms with van der Waals surface area (Å²) < 4.78 is 47.3. The summed E-state index contributed by atoms with van der Waals surface area (Å²) in [5, 5.41) is 0.296. The molecule has 0 fully saturated rings. The number of benzene rings is 1. The number of amidine groups is 1. The fourth-order valence-electron chi connectivity index (χ4n) is 2.14. The Hall–Kier alpha value is -1.84. The van der Waals surface area contributed by atoms with Gasteiger partial charge in [-0.25, -0.2) is 4.99 Å². The van der Waals surface area contributed by atoms with Gasteiger partial charge < -0.3 is 15.2 Å². The summed E-state index contributed by atoms with van der Waals surface area (Å²) in [5.74, 6) is 1.12. The fraction of sp³-hybridized carbons (Fsp3) is 0.333. The standard InChI is InChI=1S/C18H20F3N3O2S.2ClH/c1-3-25-16-7-5-4-6-13(16)24-17(22)27-10-14-12(2)15(8-9-23-14)26-11-18(19,20)21;;/h4-9H,3,10-11H2,1-2H3,(H2,22,24);2*1H. The first kappa shape index (κ1) is 27.2. The van der Waals surface area contributed by atoms with Gasteiger partial charge >= 0.3 is 6.18 Å². The number of ether oxygens (including phenoxy) is 2. The molecule has 0 aliphatic rings. The van der Waals surface area contributed by atoms with E-state index in [1.165, 1.54) is 24.0 Å². The Morgan fingerprint density at radius 3 is 2.48 bits per heavy atom. The molecule has 0 atom stereocenters. The second-order valence-corrected chi connectivity index (χ2v) is 6.42. The van der Waals surface area contributed by atoms with Crippen molar-refractivity contribution in [2.75, 3.05) is 13.2 Å². The molecule has 0 unspecified atom stereocenters. The molecule has 0 aliphatic heterocycles. The van der Waals surface area contributed by atoms with E-state index in [9.17, 15) is 13.2 Å². The Morgan fingerprint density at radius 2 is 1.83 bits per heavy atom. The van der Waals surface area contributed by atoms with Crippen LogP contribution in [0.2, 0.25) is 0 Å². The van der Waals surface area contributed by atoms with Crippen molar-refractivity contribution in [2.45, 2.75) is 25.8 Å². The van der Waals surface area contributed by atoms with E-state index in [4.69, 9.17) is 15.2 Å². The molecule has 2 aromatic rings. The van der Waals surface area contributed by atoms with E-state index in [-0.39, 0.29) is 30.6 Å². The molecule has 0 saturated heterocycles. The number of thioether (sulfide) groups is 1. The van der Waals surface area contributed by atoms with Crippen LogP contribution < -0.4 is 15.2 Å². The lowest BCUT2D eigenvalue weighted by Crippen LogP contribution is -2.19. The highest BCUT2D eigenvalue weighted by Gasteiger charge is 2.28. The van der Waals surface area contributed by atoms with Crippen LogP contribution in [-0.2, 0) is 5.75 Å². The molecule has 0 amide bonds.